The highest BCUT2D eigenvalue weighted by molar-refractivity contribution is 14.0. The molecule has 156 valence electrons. The maximum atomic E-state index is 5.29. The number of rotatable bonds is 10. The molecule has 1 unspecified atom stereocenters. The second-order valence-corrected chi connectivity index (χ2v) is 7.60. The molecule has 1 fully saturated rings. The number of aliphatic imine (C=N–C) groups is 1. The number of nitrogens with zero attached hydrogens (tertiary/aromatic N) is 4. The van der Waals surface area contributed by atoms with Crippen molar-refractivity contribution in [2.45, 2.75) is 38.6 Å². The van der Waals surface area contributed by atoms with Gasteiger partial charge in [-0.25, -0.2) is 0 Å². The minimum absolute atomic E-state index is 0. The molecule has 1 aromatic rings. The van der Waals surface area contributed by atoms with E-state index in [9.17, 15) is 0 Å². The van der Waals surface area contributed by atoms with Gasteiger partial charge in [-0.15, -0.1) is 24.0 Å². The van der Waals surface area contributed by atoms with Gasteiger partial charge in [0.25, 0.3) is 0 Å². The van der Waals surface area contributed by atoms with Gasteiger partial charge in [0, 0.05) is 52.2 Å². The molecule has 1 aliphatic carbocycles. The van der Waals surface area contributed by atoms with Crippen LogP contribution in [0.3, 0.4) is 0 Å². The molecule has 1 aliphatic rings. The number of halogens is 1. The molecular formula is C19H37IN6O. The van der Waals surface area contributed by atoms with Crippen molar-refractivity contribution in [3.63, 3.8) is 0 Å². The Morgan fingerprint density at radius 1 is 1.41 bits per heavy atom. The number of guanidine groups is 1. The number of ether oxygens (including phenoxy) is 1. The van der Waals surface area contributed by atoms with E-state index < -0.39 is 0 Å². The van der Waals surface area contributed by atoms with Gasteiger partial charge in [-0.3, -0.25) is 9.67 Å². The first kappa shape index (κ1) is 24.2. The number of likely N-dealkylation sites (N-methyl/N-ethyl adjacent to an activating group) is 1. The van der Waals surface area contributed by atoms with E-state index in [-0.39, 0.29) is 30.0 Å². The lowest BCUT2D eigenvalue weighted by Gasteiger charge is -2.40. The van der Waals surface area contributed by atoms with Gasteiger partial charge in [-0.2, -0.15) is 5.10 Å². The van der Waals surface area contributed by atoms with Crippen LogP contribution in [0.2, 0.25) is 0 Å². The SMILES string of the molecule is CCNC(=NCC1(CCOC)CCC1)NCC(c1cnn(C)c1)N(C)C.I. The van der Waals surface area contributed by atoms with Crippen LogP contribution >= 0.6 is 24.0 Å². The van der Waals surface area contributed by atoms with Crippen LogP contribution in [-0.4, -0.2) is 68.1 Å². The molecule has 0 spiro atoms. The third-order valence-electron chi connectivity index (χ3n) is 5.36. The fraction of sp³-hybridized carbons (Fsp3) is 0.789. The van der Waals surface area contributed by atoms with Crippen molar-refractivity contribution in [3.05, 3.63) is 18.0 Å². The quantitative estimate of drug-likeness (QED) is 0.299. The summed E-state index contributed by atoms with van der Waals surface area (Å²) in [5, 5.41) is 11.2. The van der Waals surface area contributed by atoms with Gasteiger partial charge in [0.05, 0.1) is 12.2 Å². The minimum atomic E-state index is 0. The molecule has 0 amide bonds. The summed E-state index contributed by atoms with van der Waals surface area (Å²) < 4.78 is 7.14. The first-order chi connectivity index (χ1) is 12.5. The second kappa shape index (κ2) is 11.9. The van der Waals surface area contributed by atoms with Crippen molar-refractivity contribution in [2.24, 2.45) is 17.5 Å². The number of hydrogen-bond donors (Lipinski definition) is 2. The van der Waals surface area contributed by atoms with Gasteiger partial charge in [0.2, 0.25) is 0 Å². The van der Waals surface area contributed by atoms with Crippen molar-refractivity contribution in [1.82, 2.24) is 25.3 Å². The predicted octanol–water partition coefficient (Wildman–Crippen LogP) is 2.40. The number of aromatic nitrogens is 2. The zero-order chi connectivity index (χ0) is 19.0. The van der Waals surface area contributed by atoms with Gasteiger partial charge in [-0.05, 0) is 45.7 Å². The Balaban J connectivity index is 0.00000364. The summed E-state index contributed by atoms with van der Waals surface area (Å²) in [6.07, 6.45) is 8.94. The van der Waals surface area contributed by atoms with Crippen molar-refractivity contribution in [2.75, 3.05) is 47.4 Å². The number of aryl methyl sites for hydroxylation is 1. The van der Waals surface area contributed by atoms with E-state index in [1.165, 1.54) is 24.8 Å². The molecule has 1 aromatic heterocycles. The number of nitrogens with one attached hydrogen (secondary N) is 2. The van der Waals surface area contributed by atoms with Crippen LogP contribution in [0.1, 0.15) is 44.2 Å². The van der Waals surface area contributed by atoms with Crippen LogP contribution in [0.25, 0.3) is 0 Å². The van der Waals surface area contributed by atoms with Crippen molar-refractivity contribution >= 4 is 29.9 Å². The highest BCUT2D eigenvalue weighted by Crippen LogP contribution is 2.44. The molecule has 0 bridgehead atoms. The Morgan fingerprint density at radius 2 is 2.15 bits per heavy atom. The van der Waals surface area contributed by atoms with E-state index in [0.29, 0.717) is 5.41 Å². The fourth-order valence-corrected chi connectivity index (χ4v) is 3.48. The second-order valence-electron chi connectivity index (χ2n) is 7.60. The molecule has 1 saturated carbocycles. The minimum Gasteiger partial charge on any atom is -0.385 e. The molecule has 0 aromatic carbocycles. The summed E-state index contributed by atoms with van der Waals surface area (Å²) in [7, 11) is 7.92. The molecule has 1 heterocycles. The first-order valence-electron chi connectivity index (χ1n) is 9.66. The van der Waals surface area contributed by atoms with E-state index in [2.05, 4.69) is 47.8 Å². The van der Waals surface area contributed by atoms with Crippen LogP contribution in [0, 0.1) is 5.41 Å². The fourth-order valence-electron chi connectivity index (χ4n) is 3.48. The summed E-state index contributed by atoms with van der Waals surface area (Å²) >= 11 is 0. The third kappa shape index (κ3) is 7.23. The van der Waals surface area contributed by atoms with E-state index >= 15 is 0 Å². The zero-order valence-corrected chi connectivity index (χ0v) is 19.8. The topological polar surface area (TPSA) is 66.7 Å². The average Bonchev–Trinajstić information content (AvgIpc) is 2.99. The Morgan fingerprint density at radius 3 is 2.63 bits per heavy atom. The Bertz CT molecular complexity index is 570. The van der Waals surface area contributed by atoms with Crippen LogP contribution in [0.15, 0.2) is 17.4 Å². The van der Waals surface area contributed by atoms with Gasteiger partial charge >= 0.3 is 0 Å². The molecular weight excluding hydrogens is 455 g/mol. The van der Waals surface area contributed by atoms with Crippen molar-refractivity contribution < 1.29 is 4.74 Å². The Labute approximate surface area is 181 Å². The molecule has 8 heteroatoms. The summed E-state index contributed by atoms with van der Waals surface area (Å²) in [6, 6.07) is 0.249. The lowest BCUT2D eigenvalue weighted by molar-refractivity contribution is 0.0778. The number of methoxy groups -OCH3 is 1. The molecule has 2 N–H and O–H groups in total. The molecule has 0 aliphatic heterocycles. The highest BCUT2D eigenvalue weighted by atomic mass is 127. The summed E-state index contributed by atoms with van der Waals surface area (Å²) in [4.78, 5) is 7.10. The van der Waals surface area contributed by atoms with Crippen LogP contribution in [0.4, 0.5) is 0 Å². The third-order valence-corrected chi connectivity index (χ3v) is 5.36. The first-order valence-corrected chi connectivity index (χ1v) is 9.66. The van der Waals surface area contributed by atoms with E-state index in [1.807, 2.05) is 17.9 Å². The van der Waals surface area contributed by atoms with Gasteiger partial charge in [-0.1, -0.05) is 6.42 Å². The van der Waals surface area contributed by atoms with Gasteiger partial charge in [0.15, 0.2) is 5.96 Å². The molecule has 7 nitrogen and oxygen atoms in total. The smallest absolute Gasteiger partial charge is 0.191 e. The largest absolute Gasteiger partial charge is 0.385 e. The standard InChI is InChI=1S/C19H36N6O.HI/c1-6-20-18(22-15-19(8-7-9-19)10-11-26-5)21-13-17(24(2)3)16-12-23-25(4)14-16;/h12,14,17H,6-11,13,15H2,1-5H3,(H2,20,21,22);1H. The van der Waals surface area contributed by atoms with Crippen LogP contribution in [0.5, 0.6) is 0 Å². The maximum absolute atomic E-state index is 5.29. The molecule has 1 atom stereocenters. The zero-order valence-electron chi connectivity index (χ0n) is 17.5. The summed E-state index contributed by atoms with van der Waals surface area (Å²) in [5.41, 5.74) is 1.54. The highest BCUT2D eigenvalue weighted by Gasteiger charge is 2.36. The molecule has 2 rings (SSSR count). The van der Waals surface area contributed by atoms with E-state index in [0.717, 1.165) is 38.6 Å². The van der Waals surface area contributed by atoms with Crippen LogP contribution in [-0.2, 0) is 11.8 Å². The average molecular weight is 492 g/mol. The maximum Gasteiger partial charge on any atom is 0.191 e. The van der Waals surface area contributed by atoms with E-state index in [4.69, 9.17) is 9.73 Å². The Hall–Kier alpha value is -0.870. The molecule has 0 saturated heterocycles. The monoisotopic (exact) mass is 492 g/mol. The lowest BCUT2D eigenvalue weighted by atomic mass is 9.67. The van der Waals surface area contributed by atoms with Crippen molar-refractivity contribution in [3.8, 4) is 0 Å². The van der Waals surface area contributed by atoms with Crippen LogP contribution < -0.4 is 10.6 Å². The Kier molecular flexibility index (Phi) is 10.6. The lowest BCUT2D eigenvalue weighted by Crippen LogP contribution is -2.43. The normalized spacial score (nSPS) is 17.2. The predicted molar refractivity (Wildman–Crippen MR) is 122 cm³/mol. The molecule has 0 radical (unpaired) electrons. The van der Waals surface area contributed by atoms with Gasteiger partial charge < -0.3 is 20.3 Å². The van der Waals surface area contributed by atoms with E-state index in [1.54, 1.807) is 7.11 Å². The summed E-state index contributed by atoms with van der Waals surface area (Å²) in [6.45, 7) is 5.44. The van der Waals surface area contributed by atoms with Crippen molar-refractivity contribution in [1.29, 1.82) is 0 Å². The van der Waals surface area contributed by atoms with Gasteiger partial charge in [0.1, 0.15) is 0 Å². The summed E-state index contributed by atoms with van der Waals surface area (Å²) in [5.74, 6) is 0.895. The number of hydrogen-bond acceptors (Lipinski definition) is 4. The molecule has 27 heavy (non-hydrogen) atoms.